The summed E-state index contributed by atoms with van der Waals surface area (Å²) in [5.74, 6) is -3.40. The number of hydrogen-bond donors (Lipinski definition) is 1. The van der Waals surface area contributed by atoms with Gasteiger partial charge in [0, 0.05) is 0 Å². The van der Waals surface area contributed by atoms with Gasteiger partial charge in [0.05, 0.1) is 18.1 Å². The number of aliphatic carboxylic acids is 1. The first-order valence-corrected chi connectivity index (χ1v) is 5.87. The molecule has 6 heteroatoms. The molecule has 0 radical (unpaired) electrons. The highest BCUT2D eigenvalue weighted by Crippen LogP contribution is 2.28. The third-order valence-electron chi connectivity index (χ3n) is 2.63. The molecule has 0 aliphatic heterocycles. The molecule has 21 heavy (non-hydrogen) atoms. The molecule has 0 spiro atoms. The molecule has 0 saturated heterocycles. The number of ether oxygens (including phenoxy) is 1. The molecule has 2 rings (SSSR count). The minimum atomic E-state index is -0.985. The summed E-state index contributed by atoms with van der Waals surface area (Å²) in [6.45, 7) is 0. The summed E-state index contributed by atoms with van der Waals surface area (Å²) in [6, 6.07) is 9.18. The maximum Gasteiger partial charge on any atom is 0.307 e. The first-order valence-electron chi connectivity index (χ1n) is 5.87. The van der Waals surface area contributed by atoms with E-state index in [0.717, 1.165) is 12.1 Å². The van der Waals surface area contributed by atoms with Gasteiger partial charge in [-0.05, 0) is 29.8 Å². The molecule has 0 unspecified atom stereocenters. The largest absolute Gasteiger partial charge is 0.481 e. The monoisotopic (exact) mass is 289 g/mol. The SMILES string of the molecule is N#Cc1cc(F)c(Oc2ccc(CC(=O)O)cc2)c(F)c1. The highest BCUT2D eigenvalue weighted by Gasteiger charge is 2.13. The molecule has 0 fully saturated rings. The van der Waals surface area contributed by atoms with E-state index in [9.17, 15) is 13.6 Å². The quantitative estimate of drug-likeness (QED) is 0.937. The maximum atomic E-state index is 13.6. The predicted octanol–water partition coefficient (Wildman–Crippen LogP) is 3.26. The molecule has 0 heterocycles. The van der Waals surface area contributed by atoms with Crippen molar-refractivity contribution in [2.45, 2.75) is 6.42 Å². The second kappa shape index (κ2) is 6.01. The lowest BCUT2D eigenvalue weighted by atomic mass is 10.1. The third-order valence-corrected chi connectivity index (χ3v) is 2.63. The summed E-state index contributed by atoms with van der Waals surface area (Å²) in [6.07, 6.45) is -0.153. The molecule has 2 aromatic rings. The van der Waals surface area contributed by atoms with E-state index in [0.29, 0.717) is 5.56 Å². The zero-order valence-electron chi connectivity index (χ0n) is 10.6. The van der Waals surface area contributed by atoms with Crippen LogP contribution in [0.15, 0.2) is 36.4 Å². The van der Waals surface area contributed by atoms with Crippen LogP contribution in [0.1, 0.15) is 11.1 Å². The Labute approximate surface area is 118 Å². The van der Waals surface area contributed by atoms with Crippen LogP contribution in [-0.4, -0.2) is 11.1 Å². The molecule has 0 aliphatic rings. The lowest BCUT2D eigenvalue weighted by Crippen LogP contribution is -1.99. The Morgan fingerprint density at radius 2 is 1.76 bits per heavy atom. The summed E-state index contributed by atoms with van der Waals surface area (Å²) < 4.78 is 32.4. The van der Waals surface area contributed by atoms with Gasteiger partial charge in [-0.3, -0.25) is 4.79 Å². The molecular weight excluding hydrogens is 280 g/mol. The van der Waals surface area contributed by atoms with Gasteiger partial charge in [0.25, 0.3) is 0 Å². The molecule has 1 N–H and O–H groups in total. The minimum absolute atomic E-state index is 0.144. The van der Waals surface area contributed by atoms with Crippen molar-refractivity contribution in [1.29, 1.82) is 5.26 Å². The van der Waals surface area contributed by atoms with Gasteiger partial charge in [0.1, 0.15) is 5.75 Å². The van der Waals surface area contributed by atoms with Crippen LogP contribution < -0.4 is 4.74 Å². The number of nitriles is 1. The fraction of sp³-hybridized carbons (Fsp3) is 0.0667. The number of rotatable bonds is 4. The van der Waals surface area contributed by atoms with Crippen LogP contribution in [0.5, 0.6) is 11.5 Å². The van der Waals surface area contributed by atoms with E-state index >= 15 is 0 Å². The van der Waals surface area contributed by atoms with Crippen LogP contribution in [0.25, 0.3) is 0 Å². The molecule has 0 aromatic heterocycles. The second-order valence-electron chi connectivity index (χ2n) is 4.20. The van der Waals surface area contributed by atoms with Crippen molar-refractivity contribution in [3.8, 4) is 17.6 Å². The smallest absolute Gasteiger partial charge is 0.307 e. The fourth-order valence-corrected chi connectivity index (χ4v) is 1.69. The Balaban J connectivity index is 2.23. The van der Waals surface area contributed by atoms with Gasteiger partial charge >= 0.3 is 5.97 Å². The van der Waals surface area contributed by atoms with Crippen LogP contribution in [0.3, 0.4) is 0 Å². The molecule has 0 atom stereocenters. The number of halogens is 2. The van der Waals surface area contributed by atoms with Gasteiger partial charge in [-0.25, -0.2) is 8.78 Å². The van der Waals surface area contributed by atoms with E-state index in [2.05, 4.69) is 0 Å². The van der Waals surface area contributed by atoms with Crippen molar-refractivity contribution >= 4 is 5.97 Å². The third kappa shape index (κ3) is 3.54. The Bertz CT molecular complexity index is 698. The molecular formula is C15H9F2NO3. The van der Waals surface area contributed by atoms with Gasteiger partial charge in [-0.1, -0.05) is 12.1 Å². The van der Waals surface area contributed by atoms with Crippen LogP contribution in [0, 0.1) is 23.0 Å². The molecule has 0 saturated carbocycles. The summed E-state index contributed by atoms with van der Waals surface area (Å²) in [4.78, 5) is 10.5. The molecule has 106 valence electrons. The Morgan fingerprint density at radius 1 is 1.19 bits per heavy atom. The van der Waals surface area contributed by atoms with E-state index in [1.807, 2.05) is 0 Å². The number of hydrogen-bond acceptors (Lipinski definition) is 3. The van der Waals surface area contributed by atoms with Crippen molar-refractivity contribution in [2.24, 2.45) is 0 Å². The van der Waals surface area contributed by atoms with Gasteiger partial charge < -0.3 is 9.84 Å². The number of nitrogens with zero attached hydrogens (tertiary/aromatic N) is 1. The van der Waals surface area contributed by atoms with Crippen molar-refractivity contribution in [2.75, 3.05) is 0 Å². The molecule has 0 amide bonds. The topological polar surface area (TPSA) is 70.3 Å². The van der Waals surface area contributed by atoms with E-state index in [4.69, 9.17) is 15.1 Å². The summed E-state index contributed by atoms with van der Waals surface area (Å²) in [5, 5.41) is 17.2. The summed E-state index contributed by atoms with van der Waals surface area (Å²) >= 11 is 0. The standard InChI is InChI=1S/C15H9F2NO3/c16-12-5-10(8-18)6-13(17)15(12)21-11-3-1-9(2-4-11)7-14(19)20/h1-6H,7H2,(H,19,20). The number of carbonyl (C=O) groups is 1. The Hall–Kier alpha value is -2.94. The van der Waals surface area contributed by atoms with E-state index in [1.54, 1.807) is 6.07 Å². The maximum absolute atomic E-state index is 13.6. The number of benzene rings is 2. The van der Waals surface area contributed by atoms with Gasteiger partial charge in [0.2, 0.25) is 0 Å². The van der Waals surface area contributed by atoms with Crippen molar-refractivity contribution in [3.05, 3.63) is 59.2 Å². The van der Waals surface area contributed by atoms with Crippen LogP contribution in [-0.2, 0) is 11.2 Å². The lowest BCUT2D eigenvalue weighted by Gasteiger charge is -2.08. The molecule has 0 aliphatic carbocycles. The summed E-state index contributed by atoms with van der Waals surface area (Å²) in [7, 11) is 0. The zero-order chi connectivity index (χ0) is 15.4. The van der Waals surface area contributed by atoms with E-state index < -0.39 is 23.4 Å². The first-order chi connectivity index (χ1) is 9.99. The van der Waals surface area contributed by atoms with Crippen LogP contribution >= 0.6 is 0 Å². The molecule has 0 bridgehead atoms. The second-order valence-corrected chi connectivity index (χ2v) is 4.20. The van der Waals surface area contributed by atoms with Crippen LogP contribution in [0.2, 0.25) is 0 Å². The average Bonchev–Trinajstić information content (AvgIpc) is 2.43. The molecule has 4 nitrogen and oxygen atoms in total. The van der Waals surface area contributed by atoms with E-state index in [1.165, 1.54) is 24.3 Å². The van der Waals surface area contributed by atoms with Crippen LogP contribution in [0.4, 0.5) is 8.78 Å². The fourth-order valence-electron chi connectivity index (χ4n) is 1.69. The highest BCUT2D eigenvalue weighted by atomic mass is 19.1. The van der Waals surface area contributed by atoms with Crippen molar-refractivity contribution in [3.63, 3.8) is 0 Å². The molecule has 2 aromatic carbocycles. The number of carboxylic acids is 1. The zero-order valence-corrected chi connectivity index (χ0v) is 10.6. The minimum Gasteiger partial charge on any atom is -0.481 e. The highest BCUT2D eigenvalue weighted by molar-refractivity contribution is 5.70. The van der Waals surface area contributed by atoms with E-state index in [-0.39, 0.29) is 17.7 Å². The van der Waals surface area contributed by atoms with Gasteiger partial charge in [0.15, 0.2) is 17.4 Å². The predicted molar refractivity (Wildman–Crippen MR) is 68.9 cm³/mol. The number of carboxylic acid groups (broad SMARTS) is 1. The lowest BCUT2D eigenvalue weighted by molar-refractivity contribution is -0.136. The Kier molecular flexibility index (Phi) is 4.14. The average molecular weight is 289 g/mol. The summed E-state index contributed by atoms with van der Waals surface area (Å²) in [5.41, 5.74) is 0.393. The van der Waals surface area contributed by atoms with Gasteiger partial charge in [-0.2, -0.15) is 5.26 Å². The van der Waals surface area contributed by atoms with Gasteiger partial charge in [-0.15, -0.1) is 0 Å². The van der Waals surface area contributed by atoms with Crippen molar-refractivity contribution < 1.29 is 23.4 Å². The first kappa shape index (κ1) is 14.5. The normalized spacial score (nSPS) is 9.95. The Morgan fingerprint density at radius 3 is 2.24 bits per heavy atom. The van der Waals surface area contributed by atoms with Crippen molar-refractivity contribution in [1.82, 2.24) is 0 Å².